The molecule has 0 fully saturated rings. The Morgan fingerprint density at radius 1 is 1.38 bits per heavy atom. The van der Waals surface area contributed by atoms with Crippen molar-refractivity contribution in [3.05, 3.63) is 50.1 Å². The number of hydrogen-bond donors (Lipinski definition) is 2. The second kappa shape index (κ2) is 6.30. The molecule has 1 aliphatic rings. The molecule has 1 unspecified atom stereocenters. The first-order chi connectivity index (χ1) is 10.2. The van der Waals surface area contributed by atoms with Gasteiger partial charge in [0.2, 0.25) is 5.91 Å². The van der Waals surface area contributed by atoms with Crippen molar-refractivity contribution in [3.8, 4) is 0 Å². The van der Waals surface area contributed by atoms with E-state index >= 15 is 0 Å². The third kappa shape index (κ3) is 3.05. The summed E-state index contributed by atoms with van der Waals surface area (Å²) in [6.07, 6.45) is 1.39. The molecule has 0 aliphatic carbocycles. The molecule has 2 heterocycles. The molecule has 0 spiro atoms. The molecule has 1 aliphatic heterocycles. The smallest absolute Gasteiger partial charge is 0.224 e. The second-order valence-corrected chi connectivity index (χ2v) is 6.89. The van der Waals surface area contributed by atoms with E-state index in [0.29, 0.717) is 6.42 Å². The first-order valence-electron chi connectivity index (χ1n) is 7.08. The molecular formula is C16H17BrN2OS. The molecule has 1 aromatic heterocycles. The number of nitrogens with one attached hydrogen (secondary N) is 2. The SMILES string of the molecule is CCNC(c1ccc2c(c1)CCC(=O)N2)c1sccc1Br. The van der Waals surface area contributed by atoms with Gasteiger partial charge in [0.1, 0.15) is 0 Å². The molecule has 5 heteroatoms. The molecule has 2 N–H and O–H groups in total. The normalized spacial score (nSPS) is 15.4. The summed E-state index contributed by atoms with van der Waals surface area (Å²) in [6, 6.07) is 8.61. The molecule has 2 aromatic rings. The summed E-state index contributed by atoms with van der Waals surface area (Å²) in [5.74, 6) is 0.111. The van der Waals surface area contributed by atoms with Gasteiger partial charge in [-0.15, -0.1) is 11.3 Å². The van der Waals surface area contributed by atoms with Crippen LogP contribution in [0.1, 0.15) is 35.4 Å². The Labute approximate surface area is 136 Å². The van der Waals surface area contributed by atoms with Gasteiger partial charge in [0.15, 0.2) is 0 Å². The Morgan fingerprint density at radius 2 is 2.24 bits per heavy atom. The van der Waals surface area contributed by atoms with Gasteiger partial charge in [0.05, 0.1) is 6.04 Å². The molecule has 21 heavy (non-hydrogen) atoms. The number of thiophene rings is 1. The van der Waals surface area contributed by atoms with Crippen LogP contribution in [0.5, 0.6) is 0 Å². The van der Waals surface area contributed by atoms with Gasteiger partial charge in [-0.1, -0.05) is 19.1 Å². The summed E-state index contributed by atoms with van der Waals surface area (Å²) in [4.78, 5) is 12.7. The Bertz CT molecular complexity index is 668. The first-order valence-corrected chi connectivity index (χ1v) is 8.75. The average Bonchev–Trinajstić information content (AvgIpc) is 2.90. The number of carbonyl (C=O) groups is 1. The maximum absolute atomic E-state index is 11.5. The Hall–Kier alpha value is -1.17. The van der Waals surface area contributed by atoms with Gasteiger partial charge in [-0.3, -0.25) is 4.79 Å². The van der Waals surface area contributed by atoms with Crippen molar-refractivity contribution in [1.82, 2.24) is 5.32 Å². The predicted molar refractivity (Wildman–Crippen MR) is 90.9 cm³/mol. The number of halogens is 1. The average molecular weight is 365 g/mol. The number of rotatable bonds is 4. The standard InChI is InChI=1S/C16H17BrN2OS/c1-2-18-15(16-12(17)7-8-21-16)11-3-5-13-10(9-11)4-6-14(20)19-13/h3,5,7-9,15,18H,2,4,6H2,1H3,(H,19,20). The van der Waals surface area contributed by atoms with E-state index in [-0.39, 0.29) is 11.9 Å². The lowest BCUT2D eigenvalue weighted by molar-refractivity contribution is -0.116. The minimum atomic E-state index is 0.111. The summed E-state index contributed by atoms with van der Waals surface area (Å²) in [5, 5.41) is 8.59. The lowest BCUT2D eigenvalue weighted by Crippen LogP contribution is -2.23. The summed E-state index contributed by atoms with van der Waals surface area (Å²) >= 11 is 5.38. The molecule has 1 atom stereocenters. The molecule has 0 saturated carbocycles. The van der Waals surface area contributed by atoms with Crippen molar-refractivity contribution < 1.29 is 4.79 Å². The molecule has 0 bridgehead atoms. The molecule has 1 aromatic carbocycles. The van der Waals surface area contributed by atoms with E-state index < -0.39 is 0 Å². The molecule has 1 amide bonds. The van der Waals surface area contributed by atoms with Gasteiger partial charge in [-0.05, 0) is 57.5 Å². The molecule has 3 nitrogen and oxygen atoms in total. The van der Waals surface area contributed by atoms with Crippen LogP contribution in [0.25, 0.3) is 0 Å². The topological polar surface area (TPSA) is 41.1 Å². The van der Waals surface area contributed by atoms with Gasteiger partial charge < -0.3 is 10.6 Å². The van der Waals surface area contributed by atoms with Crippen molar-refractivity contribution in [3.63, 3.8) is 0 Å². The van der Waals surface area contributed by atoms with Crippen LogP contribution in [0.3, 0.4) is 0 Å². The lowest BCUT2D eigenvalue weighted by atomic mass is 9.96. The van der Waals surface area contributed by atoms with Crippen LogP contribution in [0.2, 0.25) is 0 Å². The quantitative estimate of drug-likeness (QED) is 0.857. The first kappa shape index (κ1) is 14.8. The number of benzene rings is 1. The van der Waals surface area contributed by atoms with E-state index in [2.05, 4.69) is 57.1 Å². The Kier molecular flexibility index (Phi) is 4.42. The van der Waals surface area contributed by atoms with E-state index in [1.807, 2.05) is 6.07 Å². The number of carbonyl (C=O) groups excluding carboxylic acids is 1. The number of aryl methyl sites for hydroxylation is 1. The minimum absolute atomic E-state index is 0.111. The third-order valence-electron chi connectivity index (χ3n) is 3.67. The molecule has 110 valence electrons. The van der Waals surface area contributed by atoms with Gasteiger partial charge in [0.25, 0.3) is 0 Å². The van der Waals surface area contributed by atoms with Crippen LogP contribution in [-0.2, 0) is 11.2 Å². The Balaban J connectivity index is 1.97. The third-order valence-corrected chi connectivity index (χ3v) is 5.61. The van der Waals surface area contributed by atoms with Gasteiger partial charge in [-0.25, -0.2) is 0 Å². The van der Waals surface area contributed by atoms with E-state index in [4.69, 9.17) is 0 Å². The molecular weight excluding hydrogens is 348 g/mol. The maximum atomic E-state index is 11.5. The summed E-state index contributed by atoms with van der Waals surface area (Å²) in [6.45, 7) is 3.02. The van der Waals surface area contributed by atoms with Crippen LogP contribution in [-0.4, -0.2) is 12.5 Å². The number of anilines is 1. The molecule has 0 radical (unpaired) electrons. The number of fused-ring (bicyclic) bond motifs is 1. The van der Waals surface area contributed by atoms with Crippen LogP contribution >= 0.6 is 27.3 Å². The predicted octanol–water partition coefficient (Wildman–Crippen LogP) is 4.09. The van der Waals surface area contributed by atoms with Crippen molar-refractivity contribution in [2.24, 2.45) is 0 Å². The van der Waals surface area contributed by atoms with Crippen molar-refractivity contribution in [2.45, 2.75) is 25.8 Å². The van der Waals surface area contributed by atoms with E-state index in [0.717, 1.165) is 23.1 Å². The monoisotopic (exact) mass is 364 g/mol. The zero-order valence-electron chi connectivity index (χ0n) is 11.8. The fourth-order valence-corrected chi connectivity index (χ4v) is 4.36. The van der Waals surface area contributed by atoms with Gasteiger partial charge in [-0.2, -0.15) is 0 Å². The molecule has 3 rings (SSSR count). The van der Waals surface area contributed by atoms with Gasteiger partial charge in [0, 0.05) is 21.5 Å². The largest absolute Gasteiger partial charge is 0.326 e. The highest BCUT2D eigenvalue weighted by Crippen LogP contribution is 2.35. The van der Waals surface area contributed by atoms with E-state index in [1.165, 1.54) is 16.0 Å². The van der Waals surface area contributed by atoms with Crippen LogP contribution in [0, 0.1) is 0 Å². The van der Waals surface area contributed by atoms with Crippen LogP contribution in [0.15, 0.2) is 34.1 Å². The second-order valence-electron chi connectivity index (χ2n) is 5.09. The molecule has 0 saturated heterocycles. The van der Waals surface area contributed by atoms with Crippen molar-refractivity contribution in [2.75, 3.05) is 11.9 Å². The fraction of sp³-hybridized carbons (Fsp3) is 0.312. The minimum Gasteiger partial charge on any atom is -0.326 e. The zero-order chi connectivity index (χ0) is 14.8. The summed E-state index contributed by atoms with van der Waals surface area (Å²) < 4.78 is 1.14. The fourth-order valence-electron chi connectivity index (χ4n) is 2.66. The highest BCUT2D eigenvalue weighted by atomic mass is 79.9. The van der Waals surface area contributed by atoms with Crippen LogP contribution < -0.4 is 10.6 Å². The maximum Gasteiger partial charge on any atom is 0.224 e. The van der Waals surface area contributed by atoms with Crippen molar-refractivity contribution in [1.29, 1.82) is 0 Å². The Morgan fingerprint density at radius 3 is 2.95 bits per heavy atom. The number of hydrogen-bond acceptors (Lipinski definition) is 3. The summed E-state index contributed by atoms with van der Waals surface area (Å²) in [5.41, 5.74) is 3.42. The summed E-state index contributed by atoms with van der Waals surface area (Å²) in [7, 11) is 0. The lowest BCUT2D eigenvalue weighted by Gasteiger charge is -2.22. The van der Waals surface area contributed by atoms with Crippen LogP contribution in [0.4, 0.5) is 5.69 Å². The number of amides is 1. The zero-order valence-corrected chi connectivity index (χ0v) is 14.2. The van der Waals surface area contributed by atoms with E-state index in [1.54, 1.807) is 11.3 Å². The highest BCUT2D eigenvalue weighted by molar-refractivity contribution is 9.10. The van der Waals surface area contributed by atoms with E-state index in [9.17, 15) is 4.79 Å². The van der Waals surface area contributed by atoms with Gasteiger partial charge >= 0.3 is 0 Å². The highest BCUT2D eigenvalue weighted by Gasteiger charge is 2.20. The van der Waals surface area contributed by atoms with Crippen molar-refractivity contribution >= 4 is 38.9 Å².